The van der Waals surface area contributed by atoms with E-state index in [1.165, 1.54) is 31.2 Å². The van der Waals surface area contributed by atoms with Crippen LogP contribution in [0.25, 0.3) is 0 Å². The van der Waals surface area contributed by atoms with Gasteiger partial charge in [-0.15, -0.1) is 0 Å². The molecule has 0 aromatic heterocycles. The summed E-state index contributed by atoms with van der Waals surface area (Å²) in [7, 11) is 0. The van der Waals surface area contributed by atoms with Gasteiger partial charge >= 0.3 is 23.8 Å². The third-order valence-corrected chi connectivity index (χ3v) is 3.66. The maximum absolute atomic E-state index is 14.0. The van der Waals surface area contributed by atoms with E-state index in [-0.39, 0.29) is 36.8 Å². The Labute approximate surface area is 166 Å². The molecule has 1 rings (SSSR count). The predicted octanol–water partition coefficient (Wildman–Crippen LogP) is 3.26. The topological polar surface area (TPSA) is 93.7 Å². The monoisotopic (exact) mass is 418 g/mol. The second-order valence-corrected chi connectivity index (χ2v) is 6.54. The molecule has 0 heterocycles. The molecule has 1 atom stereocenters. The molecule has 0 aliphatic heterocycles. The Morgan fingerprint density at radius 2 is 1.55 bits per heavy atom. The van der Waals surface area contributed by atoms with Crippen LogP contribution in [0.15, 0.2) is 24.3 Å². The van der Waals surface area contributed by atoms with Crippen LogP contribution >= 0.6 is 0 Å². The van der Waals surface area contributed by atoms with Gasteiger partial charge in [0, 0.05) is 12.1 Å². The molecule has 1 aromatic rings. The summed E-state index contributed by atoms with van der Waals surface area (Å²) < 4.78 is 51.4. The summed E-state index contributed by atoms with van der Waals surface area (Å²) in [5.74, 6) is -3.54. The fourth-order valence-electron chi connectivity index (χ4n) is 2.38. The number of hydrogen-bond acceptors (Lipinski definition) is 6. The van der Waals surface area contributed by atoms with Gasteiger partial charge < -0.3 is 20.1 Å². The van der Waals surface area contributed by atoms with Crippen molar-refractivity contribution in [2.75, 3.05) is 18.5 Å². The Kier molecular flexibility index (Phi) is 8.47. The molecule has 29 heavy (non-hydrogen) atoms. The fraction of sp³-hybridized carbons (Fsp3) is 0.526. The van der Waals surface area contributed by atoms with Gasteiger partial charge in [0.05, 0.1) is 18.8 Å². The molecule has 0 radical (unpaired) electrons. The Bertz CT molecular complexity index is 720. The van der Waals surface area contributed by atoms with Crippen molar-refractivity contribution < 1.29 is 37.0 Å². The number of esters is 2. The van der Waals surface area contributed by atoms with E-state index >= 15 is 0 Å². The zero-order chi connectivity index (χ0) is 22.2. The lowest BCUT2D eigenvalue weighted by molar-refractivity contribution is -0.208. The number of rotatable bonds is 9. The van der Waals surface area contributed by atoms with E-state index in [4.69, 9.17) is 4.74 Å². The number of benzene rings is 1. The van der Waals surface area contributed by atoms with Gasteiger partial charge in [0.1, 0.15) is 0 Å². The first-order chi connectivity index (χ1) is 13.5. The minimum atomic E-state index is -5.22. The normalized spacial score (nSPS) is 13.4. The lowest BCUT2D eigenvalue weighted by Gasteiger charge is -2.35. The van der Waals surface area contributed by atoms with Crippen molar-refractivity contribution >= 4 is 23.5 Å². The fourth-order valence-corrected chi connectivity index (χ4v) is 2.38. The van der Waals surface area contributed by atoms with Crippen LogP contribution in [0.3, 0.4) is 0 Å². The Balaban J connectivity index is 3.30. The summed E-state index contributed by atoms with van der Waals surface area (Å²) in [4.78, 5) is 36.1. The smallest absolute Gasteiger partial charge is 0.441 e. The molecule has 162 valence electrons. The molecule has 0 saturated carbocycles. The molecule has 7 nitrogen and oxygen atoms in total. The Morgan fingerprint density at radius 1 is 1.00 bits per heavy atom. The lowest BCUT2D eigenvalue weighted by Crippen LogP contribution is -2.69. The molecular weight excluding hydrogens is 393 g/mol. The average molecular weight is 418 g/mol. The highest BCUT2D eigenvalue weighted by atomic mass is 19.4. The molecule has 0 aliphatic carbocycles. The summed E-state index contributed by atoms with van der Waals surface area (Å²) in [6.07, 6.45) is -5.44. The van der Waals surface area contributed by atoms with E-state index in [9.17, 15) is 27.6 Å². The van der Waals surface area contributed by atoms with Gasteiger partial charge in [-0.3, -0.25) is 4.79 Å². The van der Waals surface area contributed by atoms with Gasteiger partial charge in [0.25, 0.3) is 0 Å². The van der Waals surface area contributed by atoms with Crippen LogP contribution in [0.2, 0.25) is 0 Å². The van der Waals surface area contributed by atoms with Crippen LogP contribution in [0.5, 0.6) is 0 Å². The zero-order valence-corrected chi connectivity index (χ0v) is 16.7. The number of carbonyl (C=O) groups is 3. The van der Waals surface area contributed by atoms with Crippen molar-refractivity contribution in [3.63, 3.8) is 0 Å². The molecule has 10 heteroatoms. The molecular formula is C19H25F3N2O5. The van der Waals surface area contributed by atoms with Crippen molar-refractivity contribution in [1.29, 1.82) is 0 Å². The number of anilines is 1. The second-order valence-electron chi connectivity index (χ2n) is 6.54. The Morgan fingerprint density at radius 3 is 2.00 bits per heavy atom. The van der Waals surface area contributed by atoms with Crippen molar-refractivity contribution in [1.82, 2.24) is 5.32 Å². The van der Waals surface area contributed by atoms with Gasteiger partial charge in [-0.1, -0.05) is 13.8 Å². The number of halogens is 3. The first-order valence-electron chi connectivity index (χ1n) is 9.07. The zero-order valence-electron chi connectivity index (χ0n) is 16.7. The molecule has 0 spiro atoms. The molecule has 1 aromatic carbocycles. The van der Waals surface area contributed by atoms with Crippen molar-refractivity contribution in [3.05, 3.63) is 29.8 Å². The predicted molar refractivity (Wildman–Crippen MR) is 99.0 cm³/mol. The van der Waals surface area contributed by atoms with Crippen LogP contribution in [-0.4, -0.2) is 42.9 Å². The maximum atomic E-state index is 14.0. The van der Waals surface area contributed by atoms with E-state index in [1.807, 2.05) is 5.32 Å². The largest absolute Gasteiger partial charge is 0.463 e. The van der Waals surface area contributed by atoms with Crippen LogP contribution in [0.4, 0.5) is 18.9 Å². The number of carbonyl (C=O) groups excluding carboxylic acids is 3. The standard InChI is InChI=1S/C19H25F3N2O5/c1-5-28-16(26)13-7-9-14(10-8-13)23-18(19(20,21)22,17(27)29-6-2)24-15(25)11-12(3)4/h7-10,12,23H,5-6,11H2,1-4H3,(H,24,25). The number of alkyl halides is 3. The van der Waals surface area contributed by atoms with Crippen LogP contribution in [-0.2, 0) is 19.1 Å². The van der Waals surface area contributed by atoms with Gasteiger partial charge in [0.2, 0.25) is 5.91 Å². The number of hydrogen-bond donors (Lipinski definition) is 2. The van der Waals surface area contributed by atoms with E-state index in [2.05, 4.69) is 4.74 Å². The summed E-state index contributed by atoms with van der Waals surface area (Å²) in [5.41, 5.74) is -3.52. The SMILES string of the molecule is CCOC(=O)c1ccc(NC(NC(=O)CC(C)C)(C(=O)OCC)C(F)(F)F)cc1. The summed E-state index contributed by atoms with van der Waals surface area (Å²) in [6, 6.07) is 4.81. The van der Waals surface area contributed by atoms with Crippen molar-refractivity contribution in [2.24, 2.45) is 5.92 Å². The highest BCUT2D eigenvalue weighted by Crippen LogP contribution is 2.33. The summed E-state index contributed by atoms with van der Waals surface area (Å²) in [5, 5.41) is 3.79. The van der Waals surface area contributed by atoms with E-state index < -0.39 is 29.7 Å². The third kappa shape index (κ3) is 6.37. The van der Waals surface area contributed by atoms with Crippen LogP contribution in [0.1, 0.15) is 44.5 Å². The van der Waals surface area contributed by atoms with Gasteiger partial charge in [-0.2, -0.15) is 13.2 Å². The summed E-state index contributed by atoms with van der Waals surface area (Å²) >= 11 is 0. The molecule has 0 aliphatic rings. The number of ether oxygens (including phenoxy) is 2. The van der Waals surface area contributed by atoms with E-state index in [0.717, 1.165) is 0 Å². The van der Waals surface area contributed by atoms with E-state index in [1.54, 1.807) is 26.1 Å². The quantitative estimate of drug-likeness (QED) is 0.472. The average Bonchev–Trinajstić information content (AvgIpc) is 2.60. The molecule has 0 bridgehead atoms. The van der Waals surface area contributed by atoms with Gasteiger partial charge in [0.15, 0.2) is 0 Å². The molecule has 2 N–H and O–H groups in total. The molecule has 1 amide bonds. The molecule has 0 fully saturated rings. The summed E-state index contributed by atoms with van der Waals surface area (Å²) in [6.45, 7) is 6.09. The molecule has 0 saturated heterocycles. The van der Waals surface area contributed by atoms with Crippen LogP contribution in [0, 0.1) is 5.92 Å². The third-order valence-electron chi connectivity index (χ3n) is 3.66. The highest BCUT2D eigenvalue weighted by molar-refractivity contribution is 5.92. The maximum Gasteiger partial charge on any atom is 0.441 e. The minimum absolute atomic E-state index is 0.120. The minimum Gasteiger partial charge on any atom is -0.463 e. The first-order valence-corrected chi connectivity index (χ1v) is 9.07. The number of nitrogens with one attached hydrogen (secondary N) is 2. The van der Waals surface area contributed by atoms with Crippen LogP contribution < -0.4 is 10.6 Å². The lowest BCUT2D eigenvalue weighted by atomic mass is 10.1. The molecule has 1 unspecified atom stereocenters. The van der Waals surface area contributed by atoms with Crippen molar-refractivity contribution in [3.8, 4) is 0 Å². The second kappa shape index (κ2) is 10.1. The van der Waals surface area contributed by atoms with Gasteiger partial charge in [-0.05, 0) is 44.0 Å². The highest BCUT2D eigenvalue weighted by Gasteiger charge is 2.63. The number of amides is 1. The van der Waals surface area contributed by atoms with Crippen molar-refractivity contribution in [2.45, 2.75) is 46.0 Å². The van der Waals surface area contributed by atoms with Gasteiger partial charge in [-0.25, -0.2) is 9.59 Å². The Hall–Kier alpha value is -2.78. The van der Waals surface area contributed by atoms with E-state index in [0.29, 0.717) is 0 Å². The first kappa shape index (κ1) is 24.3.